The van der Waals surface area contributed by atoms with Crippen LogP contribution in [-0.2, 0) is 16.1 Å². The molecule has 0 saturated carbocycles. The van der Waals surface area contributed by atoms with Crippen molar-refractivity contribution in [2.45, 2.75) is 13.5 Å². The van der Waals surface area contributed by atoms with Crippen molar-refractivity contribution in [2.24, 2.45) is 0 Å². The van der Waals surface area contributed by atoms with E-state index in [1.165, 1.54) is 0 Å². The SMILES string of the molecule is CCOc1ccc(NC(=O)C(=O)NCCN2CCN(Cc3ccc(Cl)cc3Cl)CC2)cc1. The molecule has 1 saturated heterocycles. The number of hydrogen-bond acceptors (Lipinski definition) is 5. The van der Waals surface area contributed by atoms with Crippen LogP contribution in [0.5, 0.6) is 5.75 Å². The molecular weight excluding hydrogens is 451 g/mol. The van der Waals surface area contributed by atoms with Gasteiger partial charge in [0.05, 0.1) is 6.61 Å². The van der Waals surface area contributed by atoms with Crippen molar-refractivity contribution in [3.05, 3.63) is 58.1 Å². The van der Waals surface area contributed by atoms with E-state index in [9.17, 15) is 9.59 Å². The lowest BCUT2D eigenvalue weighted by atomic mass is 10.2. The van der Waals surface area contributed by atoms with Crippen LogP contribution in [0.3, 0.4) is 0 Å². The number of carbonyl (C=O) groups is 2. The van der Waals surface area contributed by atoms with Crippen LogP contribution in [0, 0.1) is 0 Å². The molecule has 172 valence electrons. The van der Waals surface area contributed by atoms with Crippen molar-refractivity contribution in [3.63, 3.8) is 0 Å². The Morgan fingerprint density at radius 2 is 1.66 bits per heavy atom. The van der Waals surface area contributed by atoms with Crippen LogP contribution < -0.4 is 15.4 Å². The molecule has 0 aromatic heterocycles. The van der Waals surface area contributed by atoms with Gasteiger partial charge in [-0.05, 0) is 48.9 Å². The van der Waals surface area contributed by atoms with E-state index in [4.69, 9.17) is 27.9 Å². The first-order chi connectivity index (χ1) is 15.4. The summed E-state index contributed by atoms with van der Waals surface area (Å²) in [6, 6.07) is 12.5. The number of hydrogen-bond donors (Lipinski definition) is 2. The van der Waals surface area contributed by atoms with Gasteiger partial charge in [0, 0.05) is 61.5 Å². The number of piperazine rings is 1. The molecule has 1 aliphatic heterocycles. The topological polar surface area (TPSA) is 73.9 Å². The standard InChI is InChI=1S/C23H28Cl2N4O3/c1-2-32-20-7-5-19(6-8-20)27-23(31)22(30)26-9-10-28-11-13-29(14-12-28)16-17-3-4-18(24)15-21(17)25/h3-8,15H,2,9-14,16H2,1H3,(H,26,30)(H,27,31). The summed E-state index contributed by atoms with van der Waals surface area (Å²) in [6.07, 6.45) is 0. The quantitative estimate of drug-likeness (QED) is 0.569. The minimum atomic E-state index is -0.682. The summed E-state index contributed by atoms with van der Waals surface area (Å²) >= 11 is 12.2. The van der Waals surface area contributed by atoms with Crippen LogP contribution in [0.4, 0.5) is 5.69 Å². The van der Waals surface area contributed by atoms with E-state index in [0.29, 0.717) is 41.2 Å². The van der Waals surface area contributed by atoms with Crippen LogP contribution in [0.2, 0.25) is 10.0 Å². The number of halogens is 2. The van der Waals surface area contributed by atoms with Crippen molar-refractivity contribution >= 4 is 40.7 Å². The highest BCUT2D eigenvalue weighted by Gasteiger charge is 2.19. The Hall–Kier alpha value is -2.32. The minimum Gasteiger partial charge on any atom is -0.494 e. The highest BCUT2D eigenvalue weighted by molar-refractivity contribution is 6.39. The number of amides is 2. The number of nitrogens with one attached hydrogen (secondary N) is 2. The lowest BCUT2D eigenvalue weighted by molar-refractivity contribution is -0.136. The van der Waals surface area contributed by atoms with E-state index in [1.807, 2.05) is 19.1 Å². The summed E-state index contributed by atoms with van der Waals surface area (Å²) < 4.78 is 5.36. The Morgan fingerprint density at radius 1 is 0.969 bits per heavy atom. The second kappa shape index (κ2) is 12.1. The third kappa shape index (κ3) is 7.38. The summed E-state index contributed by atoms with van der Waals surface area (Å²) in [5.74, 6) is -0.611. The first-order valence-corrected chi connectivity index (χ1v) is 11.4. The number of rotatable bonds is 8. The van der Waals surface area contributed by atoms with Crippen molar-refractivity contribution in [2.75, 3.05) is 51.2 Å². The van der Waals surface area contributed by atoms with Gasteiger partial charge in [-0.25, -0.2) is 0 Å². The Balaban J connectivity index is 1.34. The molecule has 1 aliphatic rings. The van der Waals surface area contributed by atoms with Crippen LogP contribution in [0.15, 0.2) is 42.5 Å². The molecule has 1 fully saturated rings. The largest absolute Gasteiger partial charge is 0.494 e. The Bertz CT molecular complexity index is 916. The molecule has 2 aromatic carbocycles. The molecule has 1 heterocycles. The second-order valence-corrected chi connectivity index (χ2v) is 8.36. The molecule has 2 amide bonds. The highest BCUT2D eigenvalue weighted by atomic mass is 35.5. The Labute approximate surface area is 198 Å². The van der Waals surface area contributed by atoms with Crippen LogP contribution in [0.25, 0.3) is 0 Å². The van der Waals surface area contributed by atoms with Crippen molar-refractivity contribution < 1.29 is 14.3 Å². The maximum Gasteiger partial charge on any atom is 0.313 e. The average molecular weight is 479 g/mol. The lowest BCUT2D eigenvalue weighted by Gasteiger charge is -2.34. The fourth-order valence-corrected chi connectivity index (χ4v) is 3.93. The number of benzene rings is 2. The van der Waals surface area contributed by atoms with Crippen LogP contribution >= 0.6 is 23.2 Å². The van der Waals surface area contributed by atoms with Crippen LogP contribution in [-0.4, -0.2) is 67.5 Å². The van der Waals surface area contributed by atoms with Gasteiger partial charge in [-0.3, -0.25) is 19.4 Å². The molecule has 0 atom stereocenters. The number of anilines is 1. The zero-order valence-electron chi connectivity index (χ0n) is 18.1. The second-order valence-electron chi connectivity index (χ2n) is 7.52. The monoisotopic (exact) mass is 478 g/mol. The molecule has 3 rings (SSSR count). The third-order valence-corrected chi connectivity index (χ3v) is 5.80. The van der Waals surface area contributed by atoms with E-state index in [0.717, 1.165) is 38.3 Å². The van der Waals surface area contributed by atoms with Gasteiger partial charge in [0.15, 0.2) is 0 Å². The van der Waals surface area contributed by atoms with Crippen molar-refractivity contribution in [1.82, 2.24) is 15.1 Å². The van der Waals surface area contributed by atoms with E-state index in [-0.39, 0.29) is 0 Å². The zero-order valence-corrected chi connectivity index (χ0v) is 19.6. The van der Waals surface area contributed by atoms with Gasteiger partial charge in [0.2, 0.25) is 0 Å². The first kappa shape index (κ1) is 24.3. The van der Waals surface area contributed by atoms with E-state index >= 15 is 0 Å². The molecule has 0 unspecified atom stereocenters. The fraction of sp³-hybridized carbons (Fsp3) is 0.391. The lowest BCUT2D eigenvalue weighted by Crippen LogP contribution is -2.48. The summed E-state index contributed by atoms with van der Waals surface area (Å²) in [5, 5.41) is 6.60. The van der Waals surface area contributed by atoms with Gasteiger partial charge >= 0.3 is 11.8 Å². The van der Waals surface area contributed by atoms with Crippen molar-refractivity contribution in [3.8, 4) is 5.75 Å². The number of ether oxygens (including phenoxy) is 1. The molecule has 9 heteroatoms. The molecule has 0 bridgehead atoms. The summed E-state index contributed by atoms with van der Waals surface area (Å²) in [4.78, 5) is 28.8. The summed E-state index contributed by atoms with van der Waals surface area (Å²) in [5.41, 5.74) is 1.61. The maximum absolute atomic E-state index is 12.1. The molecule has 0 spiro atoms. The number of nitrogens with zero attached hydrogens (tertiary/aromatic N) is 2. The summed E-state index contributed by atoms with van der Waals surface area (Å²) in [6.45, 7) is 7.95. The molecule has 0 radical (unpaired) electrons. The molecule has 2 N–H and O–H groups in total. The Morgan fingerprint density at radius 3 is 2.31 bits per heavy atom. The minimum absolute atomic E-state index is 0.415. The van der Waals surface area contributed by atoms with Gasteiger partial charge in [0.1, 0.15) is 5.75 Å². The Kier molecular flexibility index (Phi) is 9.17. The van der Waals surface area contributed by atoms with Crippen molar-refractivity contribution in [1.29, 1.82) is 0 Å². The average Bonchev–Trinajstić information content (AvgIpc) is 2.78. The normalized spacial score (nSPS) is 14.7. The van der Waals surface area contributed by atoms with Gasteiger partial charge in [-0.2, -0.15) is 0 Å². The summed E-state index contributed by atoms with van der Waals surface area (Å²) in [7, 11) is 0. The fourth-order valence-electron chi connectivity index (χ4n) is 3.46. The van der Waals surface area contributed by atoms with Gasteiger partial charge in [0.25, 0.3) is 0 Å². The molecule has 7 nitrogen and oxygen atoms in total. The smallest absolute Gasteiger partial charge is 0.313 e. The zero-order chi connectivity index (χ0) is 22.9. The number of carbonyl (C=O) groups excluding carboxylic acids is 2. The molecule has 32 heavy (non-hydrogen) atoms. The van der Waals surface area contributed by atoms with Gasteiger partial charge in [-0.15, -0.1) is 0 Å². The van der Waals surface area contributed by atoms with E-state index in [1.54, 1.807) is 30.3 Å². The molecule has 0 aliphatic carbocycles. The maximum atomic E-state index is 12.1. The highest BCUT2D eigenvalue weighted by Crippen LogP contribution is 2.22. The predicted octanol–water partition coefficient (Wildman–Crippen LogP) is 3.26. The van der Waals surface area contributed by atoms with Gasteiger partial charge < -0.3 is 15.4 Å². The predicted molar refractivity (Wildman–Crippen MR) is 127 cm³/mol. The first-order valence-electron chi connectivity index (χ1n) is 10.6. The van der Waals surface area contributed by atoms with E-state index < -0.39 is 11.8 Å². The van der Waals surface area contributed by atoms with Crippen LogP contribution in [0.1, 0.15) is 12.5 Å². The molecular formula is C23H28Cl2N4O3. The van der Waals surface area contributed by atoms with E-state index in [2.05, 4.69) is 20.4 Å². The molecule has 2 aromatic rings. The third-order valence-electron chi connectivity index (χ3n) is 5.22. The van der Waals surface area contributed by atoms with Gasteiger partial charge in [-0.1, -0.05) is 29.3 Å².